The van der Waals surface area contributed by atoms with Gasteiger partial charge in [0.2, 0.25) is 0 Å². The molecular formula is C40H32IrN2S-2. The number of pyridine rings is 2. The van der Waals surface area contributed by atoms with E-state index < -0.39 is 18.6 Å². The van der Waals surface area contributed by atoms with E-state index in [2.05, 4.69) is 46.4 Å². The summed E-state index contributed by atoms with van der Waals surface area (Å²) in [6, 6.07) is 38.4. The van der Waals surface area contributed by atoms with Gasteiger partial charge in [0.25, 0.3) is 0 Å². The maximum absolute atomic E-state index is 9.25. The first-order valence-electron chi connectivity index (χ1n) is 16.8. The molecular weight excluding hydrogens is 733 g/mol. The van der Waals surface area contributed by atoms with Crippen LogP contribution in [-0.2, 0) is 26.5 Å². The summed E-state index contributed by atoms with van der Waals surface area (Å²) in [6.07, 6.45) is 1.19. The van der Waals surface area contributed by atoms with Gasteiger partial charge in [0.15, 0.2) is 0 Å². The van der Waals surface area contributed by atoms with Crippen molar-refractivity contribution in [2.24, 2.45) is 5.41 Å². The first-order valence-corrected chi connectivity index (χ1v) is 15.1. The van der Waals surface area contributed by atoms with Crippen molar-refractivity contribution in [1.82, 2.24) is 9.97 Å². The fourth-order valence-corrected chi connectivity index (χ4v) is 6.73. The molecule has 0 spiro atoms. The van der Waals surface area contributed by atoms with Crippen LogP contribution in [0.15, 0.2) is 109 Å². The van der Waals surface area contributed by atoms with E-state index >= 15 is 0 Å². The number of benzene rings is 5. The van der Waals surface area contributed by atoms with E-state index in [0.29, 0.717) is 10.9 Å². The molecule has 0 atom stereocenters. The number of hydrogen-bond donors (Lipinski definition) is 0. The van der Waals surface area contributed by atoms with Gasteiger partial charge in [-0.15, -0.1) is 76.9 Å². The van der Waals surface area contributed by atoms with Crippen molar-refractivity contribution in [3.63, 3.8) is 0 Å². The molecule has 0 unspecified atom stereocenters. The maximum atomic E-state index is 9.25. The Labute approximate surface area is 283 Å². The molecule has 0 aliphatic rings. The second-order valence-corrected chi connectivity index (χ2v) is 12.7. The number of hydrogen-bond acceptors (Lipinski definition) is 3. The Morgan fingerprint density at radius 3 is 2.34 bits per heavy atom. The summed E-state index contributed by atoms with van der Waals surface area (Å²) in [7, 11) is 0. The van der Waals surface area contributed by atoms with Crippen LogP contribution in [0.2, 0.25) is 0 Å². The Morgan fingerprint density at radius 2 is 1.57 bits per heavy atom. The summed E-state index contributed by atoms with van der Waals surface area (Å²) < 4.78 is 45.6. The predicted molar refractivity (Wildman–Crippen MR) is 185 cm³/mol. The molecule has 0 fully saturated rings. The summed E-state index contributed by atoms with van der Waals surface area (Å²) in [5.41, 5.74) is 1.89. The van der Waals surface area contributed by atoms with Gasteiger partial charge in [-0.2, -0.15) is 0 Å². The number of aryl methyl sites for hydroxylation is 1. The van der Waals surface area contributed by atoms with E-state index in [-0.39, 0.29) is 31.2 Å². The minimum absolute atomic E-state index is 0. The third-order valence-corrected chi connectivity index (χ3v) is 8.53. The van der Waals surface area contributed by atoms with Crippen LogP contribution in [0.4, 0.5) is 0 Å². The van der Waals surface area contributed by atoms with Crippen molar-refractivity contribution in [2.75, 3.05) is 0 Å². The molecule has 3 heterocycles. The summed E-state index contributed by atoms with van der Waals surface area (Å²) in [6.45, 7) is 2.91. The summed E-state index contributed by atoms with van der Waals surface area (Å²) in [4.78, 5) is 8.87. The smallest absolute Gasteiger partial charge is 0.0355 e. The standard InChI is InChI=1S/C29H24NS.C11H8N.Ir/c1-17-16-30-28-20-11-6-5-9-18(20)21-14-26-22(19-10-7-8-12-25(19)31-26)13-23(21)27(28)24(17)15-29(2,3)4;1-2-6-10(7-3-1)11-8-4-5-9-12-11;/h5-10,12-14,16H,15H2,1-4H3;1-6,8-9H;/q2*-1;/i1D3,15D2;;. The van der Waals surface area contributed by atoms with E-state index in [9.17, 15) is 2.74 Å². The van der Waals surface area contributed by atoms with Crippen LogP contribution >= 0.6 is 11.3 Å². The Bertz CT molecular complexity index is 2410. The van der Waals surface area contributed by atoms with Gasteiger partial charge in [-0.05, 0) is 76.0 Å². The number of rotatable bonds is 2. The van der Waals surface area contributed by atoms with E-state index in [0.717, 1.165) is 48.3 Å². The van der Waals surface area contributed by atoms with Gasteiger partial charge >= 0.3 is 0 Å². The monoisotopic (exact) mass is 770 g/mol. The topological polar surface area (TPSA) is 25.8 Å². The molecule has 8 aromatic rings. The van der Waals surface area contributed by atoms with Crippen molar-refractivity contribution in [1.29, 1.82) is 0 Å². The molecule has 8 rings (SSSR count). The van der Waals surface area contributed by atoms with Crippen molar-refractivity contribution in [3.8, 4) is 11.3 Å². The van der Waals surface area contributed by atoms with Crippen molar-refractivity contribution < 1.29 is 27.0 Å². The Hall–Kier alpha value is -3.95. The van der Waals surface area contributed by atoms with Crippen LogP contribution in [0.25, 0.3) is 63.9 Å². The van der Waals surface area contributed by atoms with Crippen LogP contribution in [0.3, 0.4) is 0 Å². The van der Waals surface area contributed by atoms with Crippen LogP contribution in [0, 0.1) is 24.4 Å². The summed E-state index contributed by atoms with van der Waals surface area (Å²) >= 11 is 1.72. The summed E-state index contributed by atoms with van der Waals surface area (Å²) in [5.74, 6) is 0. The Kier molecular flexibility index (Phi) is 6.76. The average Bonchev–Trinajstić information content (AvgIpc) is 3.45. The van der Waals surface area contributed by atoms with Crippen molar-refractivity contribution >= 4 is 64.0 Å². The minimum atomic E-state index is -2.52. The zero-order chi connectivity index (χ0) is 33.8. The van der Waals surface area contributed by atoms with E-state index in [1.807, 2.05) is 93.6 Å². The third-order valence-electron chi connectivity index (χ3n) is 7.40. The molecule has 0 saturated heterocycles. The van der Waals surface area contributed by atoms with E-state index in [1.165, 1.54) is 10.9 Å². The van der Waals surface area contributed by atoms with E-state index in [1.54, 1.807) is 17.5 Å². The first kappa shape index (κ1) is 24.4. The van der Waals surface area contributed by atoms with Gasteiger partial charge in [-0.1, -0.05) is 61.9 Å². The average molecular weight is 770 g/mol. The molecule has 0 saturated carbocycles. The summed E-state index contributed by atoms with van der Waals surface area (Å²) in [5, 5.41) is 6.27. The number of nitrogens with zero attached hydrogens (tertiary/aromatic N) is 2. The quantitative estimate of drug-likeness (QED) is 0.129. The molecule has 3 aromatic heterocycles. The molecule has 4 heteroatoms. The molecule has 1 radical (unpaired) electrons. The molecule has 0 bridgehead atoms. The number of fused-ring (bicyclic) bond motifs is 9. The van der Waals surface area contributed by atoms with E-state index in [4.69, 9.17) is 4.11 Å². The Balaban J connectivity index is 0.000000270. The van der Waals surface area contributed by atoms with Crippen LogP contribution < -0.4 is 0 Å². The molecule has 44 heavy (non-hydrogen) atoms. The maximum Gasteiger partial charge on any atom is 0.0355 e. The van der Waals surface area contributed by atoms with Crippen LogP contribution in [0.5, 0.6) is 0 Å². The van der Waals surface area contributed by atoms with Gasteiger partial charge in [-0.25, -0.2) is 0 Å². The molecule has 5 aromatic carbocycles. The van der Waals surface area contributed by atoms with Gasteiger partial charge in [0.1, 0.15) is 0 Å². The largest absolute Gasteiger partial charge is 0.305 e. The van der Waals surface area contributed by atoms with Gasteiger partial charge < -0.3 is 9.97 Å². The molecule has 0 N–H and O–H groups in total. The normalized spacial score (nSPS) is 13.8. The molecule has 0 aliphatic carbocycles. The van der Waals surface area contributed by atoms with Gasteiger partial charge in [0, 0.05) is 59.5 Å². The minimum Gasteiger partial charge on any atom is -0.305 e. The fourth-order valence-electron chi connectivity index (χ4n) is 5.60. The van der Waals surface area contributed by atoms with Gasteiger partial charge in [0.05, 0.1) is 0 Å². The van der Waals surface area contributed by atoms with Gasteiger partial charge in [-0.3, -0.25) is 0 Å². The van der Waals surface area contributed by atoms with Crippen LogP contribution in [-0.4, -0.2) is 9.97 Å². The fraction of sp³-hybridized carbons (Fsp3) is 0.150. The van der Waals surface area contributed by atoms with Crippen molar-refractivity contribution in [2.45, 2.75) is 34.0 Å². The zero-order valence-electron chi connectivity index (χ0n) is 29.5. The second kappa shape index (κ2) is 12.2. The predicted octanol–water partition coefficient (Wildman–Crippen LogP) is 11.2. The molecule has 0 aliphatic heterocycles. The van der Waals surface area contributed by atoms with Crippen LogP contribution in [0.1, 0.15) is 38.8 Å². The zero-order valence-corrected chi connectivity index (χ0v) is 27.7. The second-order valence-electron chi connectivity index (χ2n) is 11.6. The number of thiophene rings is 1. The third kappa shape index (κ3) is 5.66. The van der Waals surface area contributed by atoms with Crippen molar-refractivity contribution in [3.05, 3.63) is 133 Å². The Morgan fingerprint density at radius 1 is 0.773 bits per heavy atom. The number of aromatic nitrogens is 2. The molecule has 0 amide bonds. The SMILES string of the molecule is [2H]C([2H])([2H])c1cnc2c3[c-]cccc3c3cc4sc5ccccc5c4cc3c2c1C([2H])([2H])C(C)(C)C.[Ir].[c-]1ccccc1-c1ccccn1. The molecule has 2 nitrogen and oxygen atoms in total. The molecule has 219 valence electrons. The first-order chi connectivity index (χ1) is 22.9.